The second kappa shape index (κ2) is 6.87. The third-order valence-corrected chi connectivity index (χ3v) is 3.38. The van der Waals surface area contributed by atoms with Crippen LogP contribution < -0.4 is 10.1 Å². The lowest BCUT2D eigenvalue weighted by Gasteiger charge is -2.16. The number of benzene rings is 2. The molecule has 0 spiro atoms. The van der Waals surface area contributed by atoms with Crippen molar-refractivity contribution in [3.8, 4) is 11.8 Å². The van der Waals surface area contributed by atoms with Crippen LogP contribution in [0.2, 0.25) is 0 Å². The predicted octanol–water partition coefficient (Wildman–Crippen LogP) is 3.56. The van der Waals surface area contributed by atoms with E-state index >= 15 is 0 Å². The van der Waals surface area contributed by atoms with E-state index in [4.69, 9.17) is 10.00 Å². The molecule has 0 saturated heterocycles. The Morgan fingerprint density at radius 1 is 1.24 bits per heavy atom. The van der Waals surface area contributed by atoms with E-state index in [1.54, 1.807) is 31.4 Å². The summed E-state index contributed by atoms with van der Waals surface area (Å²) < 4.78 is 18.2. The van der Waals surface area contributed by atoms with Gasteiger partial charge in [0.2, 0.25) is 0 Å². The van der Waals surface area contributed by atoms with Gasteiger partial charge < -0.3 is 10.1 Å². The van der Waals surface area contributed by atoms with Crippen molar-refractivity contribution in [1.29, 1.82) is 5.26 Å². The van der Waals surface area contributed by atoms with E-state index in [2.05, 4.69) is 11.4 Å². The molecule has 2 aromatic rings. The van der Waals surface area contributed by atoms with Crippen LogP contribution in [-0.4, -0.2) is 7.11 Å². The number of nitrogens with zero attached hydrogens (tertiary/aromatic N) is 1. The van der Waals surface area contributed by atoms with Crippen LogP contribution in [0.15, 0.2) is 42.5 Å². The van der Waals surface area contributed by atoms with Gasteiger partial charge in [0.15, 0.2) is 0 Å². The molecule has 2 rings (SSSR count). The van der Waals surface area contributed by atoms with Crippen molar-refractivity contribution in [1.82, 2.24) is 5.32 Å². The minimum absolute atomic E-state index is 0.0704. The second-order valence-electron chi connectivity index (χ2n) is 4.79. The molecule has 1 atom stereocenters. The average Bonchev–Trinajstić information content (AvgIpc) is 2.52. The fourth-order valence-electron chi connectivity index (χ4n) is 2.12. The van der Waals surface area contributed by atoms with Gasteiger partial charge in [-0.2, -0.15) is 5.26 Å². The van der Waals surface area contributed by atoms with Gasteiger partial charge in [0.05, 0.1) is 18.7 Å². The lowest BCUT2D eigenvalue weighted by molar-refractivity contribution is 0.406. The second-order valence-corrected chi connectivity index (χ2v) is 4.79. The van der Waals surface area contributed by atoms with Crippen LogP contribution in [0.1, 0.15) is 29.7 Å². The zero-order chi connectivity index (χ0) is 15.2. The normalized spacial score (nSPS) is 11.7. The number of nitrogens with one attached hydrogen (secondary N) is 1. The van der Waals surface area contributed by atoms with Crippen molar-refractivity contribution < 1.29 is 9.13 Å². The topological polar surface area (TPSA) is 45.0 Å². The summed E-state index contributed by atoms with van der Waals surface area (Å²) in [6, 6.07) is 13.9. The number of halogens is 1. The SMILES string of the molecule is COc1ccc(C#N)cc1CN[C@@H](C)c1ccc(F)cc1. The summed E-state index contributed by atoms with van der Waals surface area (Å²) in [6.07, 6.45) is 0. The number of hydrogen-bond donors (Lipinski definition) is 1. The zero-order valence-electron chi connectivity index (χ0n) is 12.1. The fraction of sp³-hybridized carbons (Fsp3) is 0.235. The number of nitriles is 1. The molecule has 0 aliphatic carbocycles. The molecule has 0 aliphatic rings. The molecule has 0 bridgehead atoms. The molecule has 0 aliphatic heterocycles. The number of methoxy groups -OCH3 is 1. The summed E-state index contributed by atoms with van der Waals surface area (Å²) in [4.78, 5) is 0. The molecule has 4 heteroatoms. The maximum absolute atomic E-state index is 12.9. The summed E-state index contributed by atoms with van der Waals surface area (Å²) >= 11 is 0. The first kappa shape index (κ1) is 15.0. The smallest absolute Gasteiger partial charge is 0.123 e. The van der Waals surface area contributed by atoms with Crippen LogP contribution >= 0.6 is 0 Å². The first-order valence-corrected chi connectivity index (χ1v) is 6.70. The van der Waals surface area contributed by atoms with E-state index in [0.717, 1.165) is 16.9 Å². The molecule has 0 heterocycles. The summed E-state index contributed by atoms with van der Waals surface area (Å²) in [5.74, 6) is 0.502. The minimum Gasteiger partial charge on any atom is -0.496 e. The molecule has 0 amide bonds. The number of rotatable bonds is 5. The average molecular weight is 284 g/mol. The third-order valence-electron chi connectivity index (χ3n) is 3.38. The minimum atomic E-state index is -0.241. The van der Waals surface area contributed by atoms with Crippen molar-refractivity contribution in [3.05, 3.63) is 65.0 Å². The Bertz CT molecular complexity index is 647. The van der Waals surface area contributed by atoms with Gasteiger partial charge in [0.25, 0.3) is 0 Å². The molecule has 0 fully saturated rings. The highest BCUT2D eigenvalue weighted by Crippen LogP contribution is 2.21. The van der Waals surface area contributed by atoms with Crippen molar-refractivity contribution in [2.24, 2.45) is 0 Å². The number of hydrogen-bond acceptors (Lipinski definition) is 3. The molecular weight excluding hydrogens is 267 g/mol. The summed E-state index contributed by atoms with van der Waals surface area (Å²) in [5, 5.41) is 12.3. The van der Waals surface area contributed by atoms with Crippen molar-refractivity contribution in [2.45, 2.75) is 19.5 Å². The monoisotopic (exact) mass is 284 g/mol. The lowest BCUT2D eigenvalue weighted by atomic mass is 10.1. The van der Waals surface area contributed by atoms with E-state index in [1.807, 2.05) is 13.0 Å². The van der Waals surface area contributed by atoms with Crippen molar-refractivity contribution in [3.63, 3.8) is 0 Å². The van der Waals surface area contributed by atoms with E-state index < -0.39 is 0 Å². The van der Waals surface area contributed by atoms with Gasteiger partial charge in [-0.25, -0.2) is 4.39 Å². The Morgan fingerprint density at radius 2 is 1.95 bits per heavy atom. The molecule has 3 nitrogen and oxygen atoms in total. The van der Waals surface area contributed by atoms with Gasteiger partial charge in [-0.05, 0) is 42.8 Å². The van der Waals surface area contributed by atoms with Crippen LogP contribution in [0, 0.1) is 17.1 Å². The quantitative estimate of drug-likeness (QED) is 0.913. The molecule has 0 unspecified atom stereocenters. The van der Waals surface area contributed by atoms with Crippen LogP contribution in [0.4, 0.5) is 4.39 Å². The Kier molecular flexibility index (Phi) is 4.91. The van der Waals surface area contributed by atoms with Gasteiger partial charge in [0, 0.05) is 18.2 Å². The summed E-state index contributed by atoms with van der Waals surface area (Å²) in [6.45, 7) is 2.57. The first-order chi connectivity index (χ1) is 10.1. The van der Waals surface area contributed by atoms with Crippen LogP contribution in [0.5, 0.6) is 5.75 Å². The Labute approximate surface area is 124 Å². The third kappa shape index (κ3) is 3.80. The Morgan fingerprint density at radius 3 is 2.57 bits per heavy atom. The maximum atomic E-state index is 12.9. The molecule has 1 N–H and O–H groups in total. The van der Waals surface area contributed by atoms with Gasteiger partial charge >= 0.3 is 0 Å². The largest absolute Gasteiger partial charge is 0.496 e. The highest BCUT2D eigenvalue weighted by molar-refractivity contribution is 5.42. The van der Waals surface area contributed by atoms with Gasteiger partial charge in [0.1, 0.15) is 11.6 Å². The zero-order valence-corrected chi connectivity index (χ0v) is 12.1. The first-order valence-electron chi connectivity index (χ1n) is 6.70. The van der Waals surface area contributed by atoms with Crippen LogP contribution in [0.3, 0.4) is 0 Å². The van der Waals surface area contributed by atoms with Crippen LogP contribution in [-0.2, 0) is 6.54 Å². The molecule has 21 heavy (non-hydrogen) atoms. The lowest BCUT2D eigenvalue weighted by Crippen LogP contribution is -2.18. The van der Waals surface area contributed by atoms with E-state index in [1.165, 1.54) is 12.1 Å². The Balaban J connectivity index is 2.08. The van der Waals surface area contributed by atoms with E-state index in [-0.39, 0.29) is 11.9 Å². The van der Waals surface area contributed by atoms with Crippen molar-refractivity contribution in [2.75, 3.05) is 7.11 Å². The number of ether oxygens (including phenoxy) is 1. The molecule has 0 radical (unpaired) electrons. The molecule has 2 aromatic carbocycles. The van der Waals surface area contributed by atoms with Gasteiger partial charge in [-0.1, -0.05) is 12.1 Å². The van der Waals surface area contributed by atoms with Crippen molar-refractivity contribution >= 4 is 0 Å². The highest BCUT2D eigenvalue weighted by atomic mass is 19.1. The molecular formula is C17H17FN2O. The van der Waals surface area contributed by atoms with E-state index in [0.29, 0.717) is 12.1 Å². The Hall–Kier alpha value is -2.38. The van der Waals surface area contributed by atoms with Crippen LogP contribution in [0.25, 0.3) is 0 Å². The standard InChI is InChI=1S/C17H17FN2O/c1-12(14-4-6-16(18)7-5-14)20-11-15-9-13(10-19)3-8-17(15)21-2/h3-9,12,20H,11H2,1-2H3/t12-/m0/s1. The molecule has 0 saturated carbocycles. The summed E-state index contributed by atoms with van der Waals surface area (Å²) in [5.41, 5.74) is 2.53. The fourth-order valence-corrected chi connectivity index (χ4v) is 2.12. The highest BCUT2D eigenvalue weighted by Gasteiger charge is 2.08. The van der Waals surface area contributed by atoms with E-state index in [9.17, 15) is 4.39 Å². The molecule has 0 aromatic heterocycles. The predicted molar refractivity (Wildman–Crippen MR) is 79.4 cm³/mol. The molecule has 108 valence electrons. The van der Waals surface area contributed by atoms with Gasteiger partial charge in [-0.15, -0.1) is 0 Å². The maximum Gasteiger partial charge on any atom is 0.123 e. The van der Waals surface area contributed by atoms with Gasteiger partial charge in [-0.3, -0.25) is 0 Å². The summed E-state index contributed by atoms with van der Waals surface area (Å²) in [7, 11) is 1.61.